The molecule has 0 saturated heterocycles. The molecular weight excluding hydrogens is 370 g/mol. The van der Waals surface area contributed by atoms with Gasteiger partial charge >= 0.3 is 0 Å². The van der Waals surface area contributed by atoms with Crippen molar-refractivity contribution in [1.29, 1.82) is 0 Å². The molecule has 0 aliphatic heterocycles. The number of benzene rings is 2. The van der Waals surface area contributed by atoms with E-state index in [9.17, 15) is 9.59 Å². The van der Waals surface area contributed by atoms with E-state index in [-0.39, 0.29) is 0 Å². The molecule has 0 saturated carbocycles. The Morgan fingerprint density at radius 1 is 1.03 bits per heavy atom. The zero-order chi connectivity index (χ0) is 20.8. The first-order valence-electron chi connectivity index (χ1n) is 8.90. The largest absolute Gasteiger partial charge is 0.497 e. The summed E-state index contributed by atoms with van der Waals surface area (Å²) in [5.74, 6) is 0.182. The highest BCUT2D eigenvalue weighted by atomic mass is 16.5. The van der Waals surface area contributed by atoms with Gasteiger partial charge in [-0.15, -0.1) is 0 Å². The predicted molar refractivity (Wildman–Crippen MR) is 110 cm³/mol. The molecule has 2 aromatic carbocycles. The fourth-order valence-electron chi connectivity index (χ4n) is 2.54. The van der Waals surface area contributed by atoms with Gasteiger partial charge in [0.2, 0.25) is 11.9 Å². The van der Waals surface area contributed by atoms with Crippen molar-refractivity contribution in [2.24, 2.45) is 5.73 Å². The monoisotopic (exact) mass is 391 g/mol. The van der Waals surface area contributed by atoms with E-state index in [1.807, 2.05) is 24.3 Å². The van der Waals surface area contributed by atoms with E-state index in [0.717, 1.165) is 16.9 Å². The van der Waals surface area contributed by atoms with Crippen LogP contribution in [-0.2, 0) is 4.79 Å². The lowest BCUT2D eigenvalue weighted by molar-refractivity contribution is -0.119. The number of hydrogen-bond donors (Lipinski definition) is 3. The third kappa shape index (κ3) is 5.07. The van der Waals surface area contributed by atoms with Crippen molar-refractivity contribution in [3.63, 3.8) is 0 Å². The van der Waals surface area contributed by atoms with Gasteiger partial charge in [0.1, 0.15) is 11.8 Å². The van der Waals surface area contributed by atoms with Gasteiger partial charge in [-0.3, -0.25) is 9.59 Å². The van der Waals surface area contributed by atoms with Crippen molar-refractivity contribution in [3.8, 4) is 16.9 Å². The van der Waals surface area contributed by atoms with Gasteiger partial charge in [0, 0.05) is 29.2 Å². The molecule has 148 valence electrons. The van der Waals surface area contributed by atoms with Crippen LogP contribution < -0.4 is 21.1 Å². The Hall–Kier alpha value is -3.94. The fraction of sp³-hybridized carbons (Fsp3) is 0.143. The maximum atomic E-state index is 12.2. The van der Waals surface area contributed by atoms with Gasteiger partial charge in [0.25, 0.3) is 5.91 Å². The number of nitrogens with zero attached hydrogens (tertiary/aromatic N) is 2. The molecule has 1 atom stereocenters. The van der Waals surface area contributed by atoms with Crippen LogP contribution in [0.2, 0.25) is 0 Å². The minimum absolute atomic E-state index is 0.387. The minimum Gasteiger partial charge on any atom is -0.497 e. The Bertz CT molecular complexity index is 1000. The van der Waals surface area contributed by atoms with E-state index in [2.05, 4.69) is 20.6 Å². The van der Waals surface area contributed by atoms with Crippen LogP contribution in [-0.4, -0.2) is 34.9 Å². The second-order valence-corrected chi connectivity index (χ2v) is 6.33. The standard InChI is InChI=1S/C21H21N5O3/c1-13(19(22)27)25-20(28)15-4-3-5-17(10-15)26-21-23-11-16(12-24-21)14-6-8-18(29-2)9-7-14/h3-13H,1-2H3,(H2,22,27)(H,25,28)(H,23,24,26). The van der Waals surface area contributed by atoms with Gasteiger partial charge < -0.3 is 21.1 Å². The molecule has 8 nitrogen and oxygen atoms in total. The van der Waals surface area contributed by atoms with Gasteiger partial charge in [-0.05, 0) is 42.8 Å². The van der Waals surface area contributed by atoms with Gasteiger partial charge in [-0.1, -0.05) is 18.2 Å². The number of nitrogens with one attached hydrogen (secondary N) is 2. The lowest BCUT2D eigenvalue weighted by Gasteiger charge is -2.11. The molecule has 0 aliphatic carbocycles. The number of carbonyl (C=O) groups excluding carboxylic acids is 2. The van der Waals surface area contributed by atoms with Crippen molar-refractivity contribution in [2.45, 2.75) is 13.0 Å². The SMILES string of the molecule is COc1ccc(-c2cnc(Nc3cccc(C(=O)NC(C)C(N)=O)c3)nc2)cc1. The van der Waals surface area contributed by atoms with Crippen LogP contribution in [0.15, 0.2) is 60.9 Å². The summed E-state index contributed by atoms with van der Waals surface area (Å²) in [4.78, 5) is 32.0. The number of ether oxygens (including phenoxy) is 1. The number of aromatic nitrogens is 2. The molecule has 0 radical (unpaired) electrons. The molecule has 1 unspecified atom stereocenters. The summed E-state index contributed by atoms with van der Waals surface area (Å²) >= 11 is 0. The van der Waals surface area contributed by atoms with Crippen LogP contribution in [0.4, 0.5) is 11.6 Å². The number of amides is 2. The first kappa shape index (κ1) is 19.8. The van der Waals surface area contributed by atoms with Crippen LogP contribution in [0.3, 0.4) is 0 Å². The normalized spacial score (nSPS) is 11.4. The van der Waals surface area contributed by atoms with Gasteiger partial charge in [0.15, 0.2) is 0 Å². The van der Waals surface area contributed by atoms with Crippen LogP contribution in [0, 0.1) is 0 Å². The number of primary amides is 1. The highest BCUT2D eigenvalue weighted by Gasteiger charge is 2.14. The zero-order valence-corrected chi connectivity index (χ0v) is 16.0. The summed E-state index contributed by atoms with van der Waals surface area (Å²) in [6.45, 7) is 1.53. The van der Waals surface area contributed by atoms with Crippen LogP contribution in [0.5, 0.6) is 5.75 Å². The average Bonchev–Trinajstić information content (AvgIpc) is 2.74. The molecule has 0 bridgehead atoms. The zero-order valence-electron chi connectivity index (χ0n) is 16.0. The topological polar surface area (TPSA) is 119 Å². The van der Waals surface area contributed by atoms with Crippen LogP contribution >= 0.6 is 0 Å². The molecule has 4 N–H and O–H groups in total. The fourth-order valence-corrected chi connectivity index (χ4v) is 2.54. The number of carbonyl (C=O) groups is 2. The Balaban J connectivity index is 1.70. The second-order valence-electron chi connectivity index (χ2n) is 6.33. The number of nitrogens with two attached hydrogens (primary N) is 1. The molecule has 0 aliphatic rings. The predicted octanol–water partition coefficient (Wildman–Crippen LogP) is 2.50. The highest BCUT2D eigenvalue weighted by Crippen LogP contribution is 2.22. The molecule has 29 heavy (non-hydrogen) atoms. The number of methoxy groups -OCH3 is 1. The molecular formula is C21H21N5O3. The van der Waals surface area contributed by atoms with E-state index < -0.39 is 17.9 Å². The molecule has 3 aromatic rings. The lowest BCUT2D eigenvalue weighted by Crippen LogP contribution is -2.42. The summed E-state index contributed by atoms with van der Waals surface area (Å²) < 4.78 is 5.16. The average molecular weight is 391 g/mol. The lowest BCUT2D eigenvalue weighted by atomic mass is 10.1. The summed E-state index contributed by atoms with van der Waals surface area (Å²) in [5, 5.41) is 5.60. The van der Waals surface area contributed by atoms with E-state index in [1.54, 1.807) is 43.8 Å². The Morgan fingerprint density at radius 3 is 2.34 bits per heavy atom. The highest BCUT2D eigenvalue weighted by molar-refractivity contribution is 5.97. The smallest absolute Gasteiger partial charge is 0.251 e. The first-order chi connectivity index (χ1) is 14.0. The summed E-state index contributed by atoms with van der Waals surface area (Å²) in [5.41, 5.74) is 8.04. The third-order valence-electron chi connectivity index (χ3n) is 4.23. The molecule has 8 heteroatoms. The van der Waals surface area contributed by atoms with Gasteiger partial charge in [0.05, 0.1) is 7.11 Å². The van der Waals surface area contributed by atoms with E-state index >= 15 is 0 Å². The quantitative estimate of drug-likeness (QED) is 0.569. The van der Waals surface area contributed by atoms with Crippen LogP contribution in [0.25, 0.3) is 11.1 Å². The summed E-state index contributed by atoms with van der Waals surface area (Å²) in [6.07, 6.45) is 3.42. The molecule has 2 amide bonds. The molecule has 0 spiro atoms. The Labute approximate surface area is 168 Å². The van der Waals surface area contributed by atoms with Crippen molar-refractivity contribution >= 4 is 23.5 Å². The molecule has 3 rings (SSSR count). The first-order valence-corrected chi connectivity index (χ1v) is 8.90. The third-order valence-corrected chi connectivity index (χ3v) is 4.23. The number of anilines is 2. The summed E-state index contributed by atoms with van der Waals surface area (Å²) in [6, 6.07) is 13.6. The van der Waals surface area contributed by atoms with Gasteiger partial charge in [-0.25, -0.2) is 9.97 Å². The van der Waals surface area contributed by atoms with Crippen molar-refractivity contribution in [3.05, 3.63) is 66.5 Å². The minimum atomic E-state index is -0.757. The maximum absolute atomic E-state index is 12.2. The van der Waals surface area contributed by atoms with Crippen molar-refractivity contribution in [1.82, 2.24) is 15.3 Å². The maximum Gasteiger partial charge on any atom is 0.251 e. The molecule has 1 heterocycles. The second kappa shape index (κ2) is 8.83. The van der Waals surface area contributed by atoms with E-state index in [0.29, 0.717) is 17.2 Å². The van der Waals surface area contributed by atoms with Crippen LogP contribution in [0.1, 0.15) is 17.3 Å². The summed E-state index contributed by atoms with van der Waals surface area (Å²) in [7, 11) is 1.62. The van der Waals surface area contributed by atoms with E-state index in [4.69, 9.17) is 10.5 Å². The Kier molecular flexibility index (Phi) is 6.03. The molecule has 0 fully saturated rings. The number of hydrogen-bond acceptors (Lipinski definition) is 6. The molecule has 1 aromatic heterocycles. The Morgan fingerprint density at radius 2 is 1.72 bits per heavy atom. The van der Waals surface area contributed by atoms with Gasteiger partial charge in [-0.2, -0.15) is 0 Å². The van der Waals surface area contributed by atoms with Crippen molar-refractivity contribution in [2.75, 3.05) is 12.4 Å². The number of rotatable bonds is 7. The van der Waals surface area contributed by atoms with Crippen molar-refractivity contribution < 1.29 is 14.3 Å². The van der Waals surface area contributed by atoms with E-state index in [1.165, 1.54) is 6.92 Å².